The Bertz CT molecular complexity index is 311. The lowest BCUT2D eigenvalue weighted by molar-refractivity contribution is -0.134. The first-order chi connectivity index (χ1) is 9.44. The van der Waals surface area contributed by atoms with E-state index in [1.165, 1.54) is 32.1 Å². The number of amides is 1. The number of aliphatic hydroxyl groups is 1. The molecule has 116 valence electrons. The van der Waals surface area contributed by atoms with Crippen molar-refractivity contribution >= 4 is 5.91 Å². The lowest BCUT2D eigenvalue weighted by Gasteiger charge is -2.38. The molecule has 1 aliphatic carbocycles. The van der Waals surface area contributed by atoms with Gasteiger partial charge in [0.25, 0.3) is 0 Å². The molecule has 2 rings (SSSR count). The van der Waals surface area contributed by atoms with Crippen LogP contribution in [0.4, 0.5) is 0 Å². The number of carbonyl (C=O) groups is 1. The Morgan fingerprint density at radius 3 is 2.25 bits per heavy atom. The first-order valence-electron chi connectivity index (χ1n) is 8.16. The van der Waals surface area contributed by atoms with Crippen molar-refractivity contribution in [2.45, 2.75) is 58.0 Å². The minimum Gasteiger partial charge on any atom is -0.389 e. The highest BCUT2D eigenvalue weighted by atomic mass is 16.3. The Morgan fingerprint density at radius 2 is 1.70 bits per heavy atom. The summed E-state index contributed by atoms with van der Waals surface area (Å²) in [5.41, 5.74) is -0.645. The van der Waals surface area contributed by atoms with Crippen LogP contribution in [0, 0.1) is 5.92 Å². The van der Waals surface area contributed by atoms with Gasteiger partial charge >= 0.3 is 0 Å². The maximum atomic E-state index is 12.3. The zero-order chi connectivity index (χ0) is 14.6. The molecule has 0 spiro atoms. The minimum atomic E-state index is -0.645. The molecule has 0 aromatic carbocycles. The van der Waals surface area contributed by atoms with Gasteiger partial charge in [-0.15, -0.1) is 0 Å². The molecule has 1 heterocycles. The second-order valence-corrected chi connectivity index (χ2v) is 7.18. The molecule has 0 atom stereocenters. The van der Waals surface area contributed by atoms with E-state index in [1.54, 1.807) is 0 Å². The van der Waals surface area contributed by atoms with Crippen molar-refractivity contribution < 1.29 is 9.90 Å². The Morgan fingerprint density at radius 1 is 1.10 bits per heavy atom. The van der Waals surface area contributed by atoms with Gasteiger partial charge in [-0.3, -0.25) is 9.69 Å². The number of piperazine rings is 1. The molecule has 0 aromatic rings. The van der Waals surface area contributed by atoms with Crippen molar-refractivity contribution in [1.29, 1.82) is 0 Å². The third-order valence-electron chi connectivity index (χ3n) is 4.52. The van der Waals surface area contributed by atoms with E-state index in [2.05, 4.69) is 4.90 Å². The lowest BCUT2D eigenvalue weighted by atomic mass is 9.86. The molecule has 2 fully saturated rings. The first-order valence-corrected chi connectivity index (χ1v) is 8.16. The summed E-state index contributed by atoms with van der Waals surface area (Å²) in [5, 5.41) is 9.84. The Kier molecular flexibility index (Phi) is 5.44. The molecule has 0 unspecified atom stereocenters. The molecule has 20 heavy (non-hydrogen) atoms. The second kappa shape index (κ2) is 6.90. The fourth-order valence-corrected chi connectivity index (χ4v) is 3.47. The molecule has 1 N–H and O–H groups in total. The maximum Gasteiger partial charge on any atom is 0.222 e. The van der Waals surface area contributed by atoms with Gasteiger partial charge in [-0.1, -0.05) is 19.3 Å². The summed E-state index contributed by atoms with van der Waals surface area (Å²) in [6.07, 6.45) is 7.19. The van der Waals surface area contributed by atoms with E-state index in [1.807, 2.05) is 18.7 Å². The van der Waals surface area contributed by atoms with E-state index in [4.69, 9.17) is 0 Å². The Labute approximate surface area is 123 Å². The smallest absolute Gasteiger partial charge is 0.222 e. The highest BCUT2D eigenvalue weighted by Crippen LogP contribution is 2.27. The standard InChI is InChI=1S/C16H30N2O2/c1-16(2,20)13-17-8-10-18(11-9-17)15(19)12-14-6-4-3-5-7-14/h14,20H,3-13H2,1-2H3. The molecular weight excluding hydrogens is 252 g/mol. The lowest BCUT2D eigenvalue weighted by Crippen LogP contribution is -2.52. The second-order valence-electron chi connectivity index (χ2n) is 7.18. The summed E-state index contributed by atoms with van der Waals surface area (Å²) >= 11 is 0. The molecule has 4 heteroatoms. The highest BCUT2D eigenvalue weighted by Gasteiger charge is 2.26. The normalized spacial score (nSPS) is 23.1. The number of hydrogen-bond donors (Lipinski definition) is 1. The molecule has 1 aliphatic heterocycles. The number of nitrogens with zero attached hydrogens (tertiary/aromatic N) is 2. The third-order valence-corrected chi connectivity index (χ3v) is 4.52. The van der Waals surface area contributed by atoms with Crippen LogP contribution in [0.1, 0.15) is 52.4 Å². The minimum absolute atomic E-state index is 0.347. The van der Waals surface area contributed by atoms with E-state index in [9.17, 15) is 9.90 Å². The van der Waals surface area contributed by atoms with Crippen molar-refractivity contribution in [2.75, 3.05) is 32.7 Å². The Balaban J connectivity index is 1.71. The quantitative estimate of drug-likeness (QED) is 0.856. The number of β-amino-alcohol motifs (C(OH)–C–C–N with tert-alkyl or cyclic N) is 1. The van der Waals surface area contributed by atoms with Crippen molar-refractivity contribution in [3.05, 3.63) is 0 Å². The van der Waals surface area contributed by atoms with E-state index < -0.39 is 5.60 Å². The third kappa shape index (κ3) is 5.06. The molecule has 1 amide bonds. The van der Waals surface area contributed by atoms with Crippen LogP contribution in [0.2, 0.25) is 0 Å². The van der Waals surface area contributed by atoms with Gasteiger partial charge in [-0.05, 0) is 32.6 Å². The van der Waals surface area contributed by atoms with Gasteiger partial charge in [0, 0.05) is 39.1 Å². The summed E-state index contributed by atoms with van der Waals surface area (Å²) in [6.45, 7) is 7.79. The predicted octanol–water partition coefficient (Wildman–Crippen LogP) is 1.87. The van der Waals surface area contributed by atoms with Crippen LogP contribution in [-0.2, 0) is 4.79 Å². The highest BCUT2D eigenvalue weighted by molar-refractivity contribution is 5.76. The topological polar surface area (TPSA) is 43.8 Å². The van der Waals surface area contributed by atoms with E-state index in [-0.39, 0.29) is 0 Å². The summed E-state index contributed by atoms with van der Waals surface area (Å²) in [4.78, 5) is 16.6. The fourth-order valence-electron chi connectivity index (χ4n) is 3.47. The van der Waals surface area contributed by atoms with Crippen LogP contribution >= 0.6 is 0 Å². The molecule has 0 bridgehead atoms. The molecule has 4 nitrogen and oxygen atoms in total. The van der Waals surface area contributed by atoms with Crippen LogP contribution in [0.5, 0.6) is 0 Å². The fraction of sp³-hybridized carbons (Fsp3) is 0.938. The number of carbonyl (C=O) groups excluding carboxylic acids is 1. The van der Waals surface area contributed by atoms with Crippen molar-refractivity contribution in [3.8, 4) is 0 Å². The van der Waals surface area contributed by atoms with Gasteiger partial charge in [0.1, 0.15) is 0 Å². The van der Waals surface area contributed by atoms with E-state index in [0.29, 0.717) is 18.4 Å². The van der Waals surface area contributed by atoms with Gasteiger partial charge in [0.15, 0.2) is 0 Å². The van der Waals surface area contributed by atoms with Crippen molar-refractivity contribution in [1.82, 2.24) is 9.80 Å². The van der Waals surface area contributed by atoms with Gasteiger partial charge in [-0.25, -0.2) is 0 Å². The number of hydrogen-bond acceptors (Lipinski definition) is 3. The monoisotopic (exact) mass is 282 g/mol. The van der Waals surface area contributed by atoms with Crippen molar-refractivity contribution in [2.24, 2.45) is 5.92 Å². The van der Waals surface area contributed by atoms with Crippen LogP contribution in [-0.4, -0.2) is 59.1 Å². The van der Waals surface area contributed by atoms with Gasteiger partial charge in [0.05, 0.1) is 5.60 Å². The first kappa shape index (κ1) is 15.8. The molecular formula is C16H30N2O2. The number of rotatable bonds is 4. The van der Waals surface area contributed by atoms with Gasteiger partial charge < -0.3 is 10.0 Å². The molecule has 0 aromatic heterocycles. The zero-order valence-electron chi connectivity index (χ0n) is 13.1. The zero-order valence-corrected chi connectivity index (χ0v) is 13.1. The maximum absolute atomic E-state index is 12.3. The molecule has 0 radical (unpaired) electrons. The molecule has 2 aliphatic rings. The van der Waals surface area contributed by atoms with Crippen LogP contribution in [0.3, 0.4) is 0 Å². The van der Waals surface area contributed by atoms with Crippen LogP contribution < -0.4 is 0 Å². The summed E-state index contributed by atoms with van der Waals surface area (Å²) < 4.78 is 0. The Hall–Kier alpha value is -0.610. The SMILES string of the molecule is CC(C)(O)CN1CCN(C(=O)CC2CCCCC2)CC1. The largest absolute Gasteiger partial charge is 0.389 e. The van der Waals surface area contributed by atoms with Gasteiger partial charge in [-0.2, -0.15) is 0 Å². The summed E-state index contributed by atoms with van der Waals surface area (Å²) in [6, 6.07) is 0. The molecule has 1 saturated heterocycles. The average Bonchev–Trinajstić information content (AvgIpc) is 2.39. The van der Waals surface area contributed by atoms with Crippen molar-refractivity contribution in [3.63, 3.8) is 0 Å². The van der Waals surface area contributed by atoms with Crippen LogP contribution in [0.15, 0.2) is 0 Å². The van der Waals surface area contributed by atoms with E-state index in [0.717, 1.165) is 32.6 Å². The summed E-state index contributed by atoms with van der Waals surface area (Å²) in [5.74, 6) is 0.977. The van der Waals surface area contributed by atoms with Crippen LogP contribution in [0.25, 0.3) is 0 Å². The molecule has 1 saturated carbocycles. The van der Waals surface area contributed by atoms with E-state index >= 15 is 0 Å². The summed E-state index contributed by atoms with van der Waals surface area (Å²) in [7, 11) is 0. The predicted molar refractivity (Wildman–Crippen MR) is 80.5 cm³/mol. The van der Waals surface area contributed by atoms with Gasteiger partial charge in [0.2, 0.25) is 5.91 Å². The average molecular weight is 282 g/mol.